The highest BCUT2D eigenvalue weighted by molar-refractivity contribution is 5.95. The zero-order chi connectivity index (χ0) is 12.7. The summed E-state index contributed by atoms with van der Waals surface area (Å²) in [5.41, 5.74) is 7.10. The Labute approximate surface area is 102 Å². The standard InChI is InChI=1S/C13H20N2O2/c1-2-11(9-16)15-13(17)12-6-4-3-5-10(12)7-8-14/h3-6,11,16H,2,7-9,14H2,1H3,(H,15,17). The van der Waals surface area contributed by atoms with Crippen LogP contribution in [0, 0.1) is 0 Å². The Morgan fingerprint density at radius 1 is 1.47 bits per heavy atom. The van der Waals surface area contributed by atoms with E-state index in [9.17, 15) is 4.79 Å². The van der Waals surface area contributed by atoms with E-state index in [2.05, 4.69) is 5.32 Å². The first-order valence-corrected chi connectivity index (χ1v) is 5.92. The summed E-state index contributed by atoms with van der Waals surface area (Å²) >= 11 is 0. The Balaban J connectivity index is 2.80. The fourth-order valence-electron chi connectivity index (χ4n) is 1.66. The Bertz CT molecular complexity index is 362. The van der Waals surface area contributed by atoms with Gasteiger partial charge in [0.05, 0.1) is 12.6 Å². The molecule has 17 heavy (non-hydrogen) atoms. The van der Waals surface area contributed by atoms with E-state index in [1.807, 2.05) is 25.1 Å². The molecule has 0 aromatic heterocycles. The van der Waals surface area contributed by atoms with Crippen LogP contribution in [0.3, 0.4) is 0 Å². The monoisotopic (exact) mass is 236 g/mol. The molecule has 0 saturated heterocycles. The largest absolute Gasteiger partial charge is 0.394 e. The molecule has 0 aliphatic rings. The third-order valence-electron chi connectivity index (χ3n) is 2.72. The molecule has 1 rings (SSSR count). The number of nitrogens with two attached hydrogens (primary N) is 1. The van der Waals surface area contributed by atoms with E-state index in [1.54, 1.807) is 6.07 Å². The van der Waals surface area contributed by atoms with Crippen LogP contribution >= 0.6 is 0 Å². The van der Waals surface area contributed by atoms with Crippen molar-refractivity contribution in [3.8, 4) is 0 Å². The van der Waals surface area contributed by atoms with Crippen LogP contribution in [0.4, 0.5) is 0 Å². The van der Waals surface area contributed by atoms with Gasteiger partial charge < -0.3 is 16.2 Å². The first-order chi connectivity index (χ1) is 8.22. The van der Waals surface area contributed by atoms with Crippen LogP contribution in [0.2, 0.25) is 0 Å². The molecule has 4 nitrogen and oxygen atoms in total. The van der Waals surface area contributed by atoms with Crippen molar-refractivity contribution >= 4 is 5.91 Å². The molecular formula is C13H20N2O2. The lowest BCUT2D eigenvalue weighted by Gasteiger charge is -2.15. The van der Waals surface area contributed by atoms with Gasteiger partial charge in [-0.1, -0.05) is 25.1 Å². The predicted molar refractivity (Wildman–Crippen MR) is 67.8 cm³/mol. The summed E-state index contributed by atoms with van der Waals surface area (Å²) in [4.78, 5) is 12.0. The molecule has 4 N–H and O–H groups in total. The summed E-state index contributed by atoms with van der Waals surface area (Å²) in [7, 11) is 0. The van der Waals surface area contributed by atoms with Gasteiger partial charge in [0.15, 0.2) is 0 Å². The van der Waals surface area contributed by atoms with Gasteiger partial charge in [0, 0.05) is 5.56 Å². The smallest absolute Gasteiger partial charge is 0.251 e. The molecule has 0 fully saturated rings. The number of aliphatic hydroxyl groups is 1. The maximum Gasteiger partial charge on any atom is 0.251 e. The number of hydrogen-bond donors (Lipinski definition) is 3. The zero-order valence-electron chi connectivity index (χ0n) is 10.1. The third kappa shape index (κ3) is 3.84. The van der Waals surface area contributed by atoms with Gasteiger partial charge in [0.25, 0.3) is 5.91 Å². The minimum absolute atomic E-state index is 0.0404. The Kier molecular flexibility index (Phi) is 5.66. The first-order valence-electron chi connectivity index (χ1n) is 5.92. The quantitative estimate of drug-likeness (QED) is 0.680. The minimum Gasteiger partial charge on any atom is -0.394 e. The molecule has 0 aliphatic carbocycles. The summed E-state index contributed by atoms with van der Waals surface area (Å²) in [6, 6.07) is 7.22. The van der Waals surface area contributed by atoms with Crippen LogP contribution in [0.1, 0.15) is 29.3 Å². The summed E-state index contributed by atoms with van der Waals surface area (Å²) in [5, 5.41) is 11.9. The van der Waals surface area contributed by atoms with Gasteiger partial charge in [0.1, 0.15) is 0 Å². The van der Waals surface area contributed by atoms with E-state index in [0.29, 0.717) is 24.9 Å². The van der Waals surface area contributed by atoms with Gasteiger partial charge in [-0.15, -0.1) is 0 Å². The van der Waals surface area contributed by atoms with Crippen molar-refractivity contribution < 1.29 is 9.90 Å². The number of benzene rings is 1. The third-order valence-corrected chi connectivity index (χ3v) is 2.72. The lowest BCUT2D eigenvalue weighted by atomic mass is 10.0. The van der Waals surface area contributed by atoms with Gasteiger partial charge in [0.2, 0.25) is 0 Å². The van der Waals surface area contributed by atoms with Crippen LogP contribution in [0.15, 0.2) is 24.3 Å². The molecular weight excluding hydrogens is 216 g/mol. The number of hydrogen-bond acceptors (Lipinski definition) is 3. The molecule has 1 amide bonds. The predicted octanol–water partition coefficient (Wildman–Crippen LogP) is 0.689. The van der Waals surface area contributed by atoms with Gasteiger partial charge in [-0.3, -0.25) is 4.79 Å². The van der Waals surface area contributed by atoms with Crippen molar-refractivity contribution in [2.75, 3.05) is 13.2 Å². The van der Waals surface area contributed by atoms with Crippen LogP contribution < -0.4 is 11.1 Å². The summed E-state index contributed by atoms with van der Waals surface area (Å²) in [6.45, 7) is 2.40. The fourth-order valence-corrected chi connectivity index (χ4v) is 1.66. The van der Waals surface area contributed by atoms with Crippen LogP contribution in [0.5, 0.6) is 0 Å². The maximum absolute atomic E-state index is 12.0. The number of amides is 1. The molecule has 1 atom stereocenters. The second-order valence-corrected chi connectivity index (χ2v) is 3.96. The Hall–Kier alpha value is -1.39. The van der Waals surface area contributed by atoms with Gasteiger partial charge in [-0.05, 0) is 31.0 Å². The van der Waals surface area contributed by atoms with Crippen molar-refractivity contribution in [3.63, 3.8) is 0 Å². The lowest BCUT2D eigenvalue weighted by molar-refractivity contribution is 0.0914. The Morgan fingerprint density at radius 2 is 2.18 bits per heavy atom. The highest BCUT2D eigenvalue weighted by Crippen LogP contribution is 2.09. The fraction of sp³-hybridized carbons (Fsp3) is 0.462. The van der Waals surface area contributed by atoms with Crippen LogP contribution in [-0.4, -0.2) is 30.2 Å². The average molecular weight is 236 g/mol. The number of nitrogens with one attached hydrogen (secondary N) is 1. The second kappa shape index (κ2) is 7.04. The van der Waals surface area contributed by atoms with E-state index in [-0.39, 0.29) is 18.6 Å². The maximum atomic E-state index is 12.0. The van der Waals surface area contributed by atoms with Gasteiger partial charge in [-0.2, -0.15) is 0 Å². The summed E-state index contributed by atoms with van der Waals surface area (Å²) in [5.74, 6) is -0.144. The first kappa shape index (κ1) is 13.7. The van der Waals surface area contributed by atoms with Gasteiger partial charge in [-0.25, -0.2) is 0 Å². The molecule has 1 aromatic carbocycles. The molecule has 0 spiro atoms. The molecule has 0 bridgehead atoms. The van der Waals surface area contributed by atoms with Crippen molar-refractivity contribution in [2.24, 2.45) is 5.73 Å². The minimum atomic E-state index is -0.187. The van der Waals surface area contributed by atoms with Gasteiger partial charge >= 0.3 is 0 Å². The van der Waals surface area contributed by atoms with Crippen molar-refractivity contribution in [1.82, 2.24) is 5.32 Å². The van der Waals surface area contributed by atoms with Crippen molar-refractivity contribution in [1.29, 1.82) is 0 Å². The number of carbonyl (C=O) groups excluding carboxylic acids is 1. The lowest BCUT2D eigenvalue weighted by Crippen LogP contribution is -2.37. The molecule has 1 aromatic rings. The second-order valence-electron chi connectivity index (χ2n) is 3.96. The summed E-state index contributed by atoms with van der Waals surface area (Å²) < 4.78 is 0. The zero-order valence-corrected chi connectivity index (χ0v) is 10.1. The molecule has 1 unspecified atom stereocenters. The van der Waals surface area contributed by atoms with E-state index >= 15 is 0 Å². The van der Waals surface area contributed by atoms with Crippen molar-refractivity contribution in [3.05, 3.63) is 35.4 Å². The van der Waals surface area contributed by atoms with Crippen molar-refractivity contribution in [2.45, 2.75) is 25.8 Å². The van der Waals surface area contributed by atoms with E-state index in [0.717, 1.165) is 5.56 Å². The average Bonchev–Trinajstić information content (AvgIpc) is 2.36. The molecule has 94 valence electrons. The normalized spacial score (nSPS) is 12.2. The van der Waals surface area contributed by atoms with Crippen LogP contribution in [0.25, 0.3) is 0 Å². The van der Waals surface area contributed by atoms with Crippen LogP contribution in [-0.2, 0) is 6.42 Å². The highest BCUT2D eigenvalue weighted by Gasteiger charge is 2.13. The molecule has 0 aliphatic heterocycles. The number of carbonyl (C=O) groups is 1. The number of rotatable bonds is 6. The topological polar surface area (TPSA) is 75.3 Å². The van der Waals surface area contributed by atoms with E-state index < -0.39 is 0 Å². The highest BCUT2D eigenvalue weighted by atomic mass is 16.3. The molecule has 0 saturated carbocycles. The van der Waals surface area contributed by atoms with E-state index in [1.165, 1.54) is 0 Å². The summed E-state index contributed by atoms with van der Waals surface area (Å²) in [6.07, 6.45) is 1.39. The molecule has 0 radical (unpaired) electrons. The SMILES string of the molecule is CCC(CO)NC(=O)c1ccccc1CCN. The molecule has 4 heteroatoms. The van der Waals surface area contributed by atoms with E-state index in [4.69, 9.17) is 10.8 Å². The molecule has 0 heterocycles. The Morgan fingerprint density at radius 3 is 2.76 bits per heavy atom. The number of aliphatic hydroxyl groups excluding tert-OH is 1.